The number of aliphatic carboxylic acids is 1. The number of hydrogen-bond donors (Lipinski definition) is 2. The van der Waals surface area contributed by atoms with Gasteiger partial charge in [0.15, 0.2) is 5.54 Å². The number of carboxylic acid groups (broad SMARTS) is 1. The fourth-order valence-corrected chi connectivity index (χ4v) is 1.27. The van der Waals surface area contributed by atoms with Crippen LogP contribution in [0.15, 0.2) is 29.6 Å². The molecule has 2 unspecified atom stereocenters. The molecule has 0 amide bonds. The van der Waals surface area contributed by atoms with Crippen LogP contribution in [0.25, 0.3) is 0 Å². The molecule has 0 aliphatic heterocycles. The third-order valence-corrected chi connectivity index (χ3v) is 2.17. The fourth-order valence-electron chi connectivity index (χ4n) is 1.27. The Morgan fingerprint density at radius 1 is 1.62 bits per heavy atom. The van der Waals surface area contributed by atoms with Crippen molar-refractivity contribution in [1.29, 1.82) is 0 Å². The highest BCUT2D eigenvalue weighted by Gasteiger charge is 2.41. The van der Waals surface area contributed by atoms with Gasteiger partial charge in [-0.2, -0.15) is 0 Å². The van der Waals surface area contributed by atoms with E-state index >= 15 is 0 Å². The molecule has 1 rings (SSSR count). The predicted molar refractivity (Wildman–Crippen MR) is 46.7 cm³/mol. The Kier molecular flexibility index (Phi) is 2.46. The molecule has 0 aromatic heterocycles. The van der Waals surface area contributed by atoms with Gasteiger partial charge in [-0.05, 0) is 6.08 Å². The summed E-state index contributed by atoms with van der Waals surface area (Å²) in [6.07, 6.45) is 6.43. The number of nitroso groups, excluding NO2 is 1. The molecule has 0 bridgehead atoms. The third kappa shape index (κ3) is 1.44. The standard InChI is InChI=1S/C8H10N2O3/c1-6-4-2-3-5-8(6,7(11)12)9-10-13/h2-6H,1H3,(H,9,13)(H,11,12). The van der Waals surface area contributed by atoms with Gasteiger partial charge in [0.25, 0.3) is 0 Å². The van der Waals surface area contributed by atoms with Gasteiger partial charge >= 0.3 is 5.97 Å². The van der Waals surface area contributed by atoms with Crippen LogP contribution in [0.3, 0.4) is 0 Å². The normalized spacial score (nSPS) is 31.3. The molecule has 0 aromatic carbocycles. The van der Waals surface area contributed by atoms with Crippen molar-refractivity contribution in [2.24, 2.45) is 11.2 Å². The molecule has 2 N–H and O–H groups in total. The maximum absolute atomic E-state index is 10.9. The predicted octanol–water partition coefficient (Wildman–Crippen LogP) is 0.843. The topological polar surface area (TPSA) is 78.8 Å². The van der Waals surface area contributed by atoms with Crippen molar-refractivity contribution in [1.82, 2.24) is 5.43 Å². The van der Waals surface area contributed by atoms with Crippen molar-refractivity contribution in [3.63, 3.8) is 0 Å². The Bertz CT molecular complexity index is 285. The first-order valence-corrected chi connectivity index (χ1v) is 3.82. The van der Waals surface area contributed by atoms with E-state index in [-0.39, 0.29) is 5.92 Å². The van der Waals surface area contributed by atoms with E-state index in [1.165, 1.54) is 6.08 Å². The SMILES string of the molecule is CC1C=CC=CC1(NN=O)C(=O)O. The molecule has 0 saturated carbocycles. The molecule has 0 spiro atoms. The Morgan fingerprint density at radius 3 is 2.77 bits per heavy atom. The summed E-state index contributed by atoms with van der Waals surface area (Å²) in [5.74, 6) is -1.42. The van der Waals surface area contributed by atoms with Gasteiger partial charge in [-0.15, -0.1) is 4.91 Å². The molecule has 2 atom stereocenters. The number of allylic oxidation sites excluding steroid dienone is 2. The lowest BCUT2D eigenvalue weighted by Crippen LogP contribution is -2.53. The van der Waals surface area contributed by atoms with Crippen LogP contribution in [-0.2, 0) is 4.79 Å². The van der Waals surface area contributed by atoms with Gasteiger partial charge in [0, 0.05) is 5.92 Å². The molecule has 1 aliphatic rings. The molecule has 0 heterocycles. The lowest BCUT2D eigenvalue weighted by molar-refractivity contribution is -0.144. The zero-order valence-electron chi connectivity index (χ0n) is 7.10. The van der Waals surface area contributed by atoms with Crippen LogP contribution in [0.1, 0.15) is 6.92 Å². The van der Waals surface area contributed by atoms with E-state index in [0.717, 1.165) is 0 Å². The molecule has 0 fully saturated rings. The summed E-state index contributed by atoms with van der Waals surface area (Å²) in [6, 6.07) is 0. The molecular weight excluding hydrogens is 172 g/mol. The highest BCUT2D eigenvalue weighted by Crippen LogP contribution is 2.24. The second kappa shape index (κ2) is 3.38. The number of hydrogen-bond acceptors (Lipinski definition) is 3. The van der Waals surface area contributed by atoms with Gasteiger partial charge in [0.05, 0.1) is 5.29 Å². The van der Waals surface area contributed by atoms with Gasteiger partial charge in [-0.3, -0.25) is 5.43 Å². The number of nitrogens with one attached hydrogen (secondary N) is 1. The smallest absolute Gasteiger partial charge is 0.335 e. The quantitative estimate of drug-likeness (QED) is 0.500. The molecule has 70 valence electrons. The zero-order chi connectivity index (χ0) is 9.90. The van der Waals surface area contributed by atoms with Crippen molar-refractivity contribution in [2.75, 3.05) is 0 Å². The molecule has 0 radical (unpaired) electrons. The molecule has 0 aromatic rings. The van der Waals surface area contributed by atoms with Crippen LogP contribution in [0.4, 0.5) is 0 Å². The summed E-state index contributed by atoms with van der Waals surface area (Å²) < 4.78 is 0. The van der Waals surface area contributed by atoms with Crippen molar-refractivity contribution in [2.45, 2.75) is 12.5 Å². The first-order chi connectivity index (χ1) is 6.13. The summed E-state index contributed by atoms with van der Waals surface area (Å²) in [6.45, 7) is 1.70. The van der Waals surface area contributed by atoms with Crippen LogP contribution < -0.4 is 5.43 Å². The molecule has 1 aliphatic carbocycles. The Hall–Kier alpha value is -1.65. The van der Waals surface area contributed by atoms with Crippen molar-refractivity contribution < 1.29 is 9.90 Å². The van der Waals surface area contributed by atoms with Crippen LogP contribution >= 0.6 is 0 Å². The van der Waals surface area contributed by atoms with Gasteiger partial charge < -0.3 is 5.11 Å². The van der Waals surface area contributed by atoms with Crippen LogP contribution in [0, 0.1) is 10.8 Å². The van der Waals surface area contributed by atoms with Crippen molar-refractivity contribution in [3.05, 3.63) is 29.2 Å². The van der Waals surface area contributed by atoms with E-state index in [2.05, 4.69) is 10.7 Å². The average Bonchev–Trinajstić information content (AvgIpc) is 2.09. The van der Waals surface area contributed by atoms with Gasteiger partial charge in [0.1, 0.15) is 0 Å². The highest BCUT2D eigenvalue weighted by atomic mass is 16.4. The minimum atomic E-state index is -1.39. The van der Waals surface area contributed by atoms with E-state index in [1.54, 1.807) is 25.2 Å². The summed E-state index contributed by atoms with van der Waals surface area (Å²) in [4.78, 5) is 21.0. The largest absolute Gasteiger partial charge is 0.479 e. The summed E-state index contributed by atoms with van der Waals surface area (Å²) in [5.41, 5.74) is 0.687. The lowest BCUT2D eigenvalue weighted by Gasteiger charge is -2.30. The number of carboxylic acids is 1. The minimum Gasteiger partial charge on any atom is -0.479 e. The van der Waals surface area contributed by atoms with Crippen molar-refractivity contribution in [3.8, 4) is 0 Å². The second-order valence-electron chi connectivity index (χ2n) is 2.91. The maximum atomic E-state index is 10.9. The van der Waals surface area contributed by atoms with Crippen LogP contribution in [-0.4, -0.2) is 16.6 Å². The van der Waals surface area contributed by atoms with Gasteiger partial charge in [0.2, 0.25) is 0 Å². The van der Waals surface area contributed by atoms with Crippen LogP contribution in [0.5, 0.6) is 0 Å². The Labute approximate surface area is 75.1 Å². The molecule has 0 saturated heterocycles. The van der Waals surface area contributed by atoms with Gasteiger partial charge in [-0.25, -0.2) is 4.79 Å². The first kappa shape index (κ1) is 9.44. The minimum absolute atomic E-state index is 0.312. The number of carbonyl (C=O) groups is 1. The van der Waals surface area contributed by atoms with E-state index in [0.29, 0.717) is 0 Å². The van der Waals surface area contributed by atoms with E-state index in [9.17, 15) is 9.70 Å². The average molecular weight is 182 g/mol. The van der Waals surface area contributed by atoms with Crippen molar-refractivity contribution >= 4 is 5.97 Å². The fraction of sp³-hybridized carbons (Fsp3) is 0.375. The second-order valence-corrected chi connectivity index (χ2v) is 2.91. The molecule has 13 heavy (non-hydrogen) atoms. The Morgan fingerprint density at radius 2 is 2.31 bits per heavy atom. The van der Waals surface area contributed by atoms with E-state index < -0.39 is 11.5 Å². The first-order valence-electron chi connectivity index (χ1n) is 3.82. The Balaban J connectivity index is 3.02. The summed E-state index contributed by atoms with van der Waals surface area (Å²) in [5, 5.41) is 11.4. The zero-order valence-corrected chi connectivity index (χ0v) is 7.10. The third-order valence-electron chi connectivity index (χ3n) is 2.17. The summed E-state index contributed by atoms with van der Waals surface area (Å²) >= 11 is 0. The van der Waals surface area contributed by atoms with E-state index in [4.69, 9.17) is 5.11 Å². The maximum Gasteiger partial charge on any atom is 0.335 e. The molecule has 5 nitrogen and oxygen atoms in total. The number of rotatable bonds is 3. The van der Waals surface area contributed by atoms with Gasteiger partial charge in [-0.1, -0.05) is 25.2 Å². The number of nitrogens with zero attached hydrogens (tertiary/aromatic N) is 1. The molecular formula is C8H10N2O3. The highest BCUT2D eigenvalue weighted by molar-refractivity contribution is 5.82. The van der Waals surface area contributed by atoms with E-state index in [1.807, 2.05) is 0 Å². The van der Waals surface area contributed by atoms with Crippen LogP contribution in [0.2, 0.25) is 0 Å². The molecule has 5 heteroatoms. The lowest BCUT2D eigenvalue weighted by atomic mass is 9.82. The summed E-state index contributed by atoms with van der Waals surface area (Å²) in [7, 11) is 0. The monoisotopic (exact) mass is 182 g/mol.